The Kier molecular flexibility index (Phi) is 4.30. The first-order valence-corrected chi connectivity index (χ1v) is 7.87. The summed E-state index contributed by atoms with van der Waals surface area (Å²) in [6.45, 7) is 3.31. The number of benzene rings is 2. The van der Waals surface area contributed by atoms with Crippen LogP contribution in [0.1, 0.15) is 44.9 Å². The summed E-state index contributed by atoms with van der Waals surface area (Å²) >= 11 is 5.92. The minimum absolute atomic E-state index is 0.122. The van der Waals surface area contributed by atoms with E-state index in [2.05, 4.69) is 0 Å². The number of carbonyl (C=O) groups excluding carboxylic acids is 3. The molecular formula is C18H13ClFNO4. The van der Waals surface area contributed by atoms with Gasteiger partial charge in [0.25, 0.3) is 11.8 Å². The molecule has 128 valence electrons. The molecule has 3 rings (SSSR count). The lowest BCUT2D eigenvalue weighted by atomic mass is 10.1. The summed E-state index contributed by atoms with van der Waals surface area (Å²) in [6, 6.07) is 8.13. The molecule has 0 aromatic heterocycles. The lowest BCUT2D eigenvalue weighted by molar-refractivity contribution is 0.0377. The summed E-state index contributed by atoms with van der Waals surface area (Å²) in [7, 11) is 0. The van der Waals surface area contributed by atoms with Gasteiger partial charge >= 0.3 is 5.97 Å². The molecule has 0 atom stereocenters. The van der Waals surface area contributed by atoms with Crippen LogP contribution in [0.4, 0.5) is 10.1 Å². The monoisotopic (exact) mass is 361 g/mol. The fourth-order valence-electron chi connectivity index (χ4n) is 2.55. The van der Waals surface area contributed by atoms with E-state index in [0.717, 1.165) is 12.1 Å². The van der Waals surface area contributed by atoms with Crippen LogP contribution >= 0.6 is 11.6 Å². The van der Waals surface area contributed by atoms with Gasteiger partial charge in [0.15, 0.2) is 0 Å². The Hall–Kier alpha value is -2.73. The standard InChI is InChI=1S/C18H13ClFNO4/c1-9(2)25-18(24)12-7-15(14(20)8-13(12)19)21-16(22)10-5-3-4-6-11(10)17(21)23/h3-9H,1-2H3. The van der Waals surface area contributed by atoms with E-state index in [1.807, 2.05) is 0 Å². The lowest BCUT2D eigenvalue weighted by Crippen LogP contribution is -2.30. The molecule has 0 saturated heterocycles. The Bertz CT molecular complexity index is 875. The van der Waals surface area contributed by atoms with Crippen molar-refractivity contribution in [3.8, 4) is 0 Å². The summed E-state index contributed by atoms with van der Waals surface area (Å²) in [6.07, 6.45) is -0.406. The average Bonchev–Trinajstić information content (AvgIpc) is 2.79. The molecule has 2 aromatic carbocycles. The minimum Gasteiger partial charge on any atom is -0.459 e. The molecule has 0 saturated carbocycles. The highest BCUT2D eigenvalue weighted by Gasteiger charge is 2.38. The van der Waals surface area contributed by atoms with Crippen molar-refractivity contribution in [2.75, 3.05) is 4.90 Å². The van der Waals surface area contributed by atoms with E-state index in [-0.39, 0.29) is 27.4 Å². The molecule has 7 heteroatoms. The van der Waals surface area contributed by atoms with E-state index in [0.29, 0.717) is 4.90 Å². The number of anilines is 1. The third kappa shape index (κ3) is 2.89. The zero-order valence-electron chi connectivity index (χ0n) is 13.4. The van der Waals surface area contributed by atoms with Crippen LogP contribution in [0.15, 0.2) is 36.4 Å². The molecule has 2 amide bonds. The van der Waals surface area contributed by atoms with Gasteiger partial charge in [0, 0.05) is 0 Å². The number of rotatable bonds is 3. The molecule has 2 aromatic rings. The molecular weight excluding hydrogens is 349 g/mol. The second-order valence-electron chi connectivity index (χ2n) is 5.73. The van der Waals surface area contributed by atoms with Gasteiger partial charge in [-0.1, -0.05) is 23.7 Å². The zero-order chi connectivity index (χ0) is 18.3. The van der Waals surface area contributed by atoms with Gasteiger partial charge in [0.05, 0.1) is 33.5 Å². The van der Waals surface area contributed by atoms with Crippen LogP contribution in [0.5, 0.6) is 0 Å². The van der Waals surface area contributed by atoms with E-state index in [1.165, 1.54) is 12.1 Å². The Morgan fingerprint density at radius 2 is 1.68 bits per heavy atom. The van der Waals surface area contributed by atoms with Crippen molar-refractivity contribution in [3.05, 3.63) is 63.9 Å². The molecule has 0 bridgehead atoms. The van der Waals surface area contributed by atoms with Crippen LogP contribution in [-0.4, -0.2) is 23.9 Å². The number of imide groups is 1. The van der Waals surface area contributed by atoms with E-state index in [1.54, 1.807) is 26.0 Å². The number of fused-ring (bicyclic) bond motifs is 1. The molecule has 0 radical (unpaired) electrons. The molecule has 25 heavy (non-hydrogen) atoms. The molecule has 5 nitrogen and oxygen atoms in total. The van der Waals surface area contributed by atoms with Crippen molar-refractivity contribution in [1.29, 1.82) is 0 Å². The number of ether oxygens (including phenoxy) is 1. The summed E-state index contributed by atoms with van der Waals surface area (Å²) in [4.78, 5) is 37.8. The Morgan fingerprint density at radius 1 is 1.12 bits per heavy atom. The van der Waals surface area contributed by atoms with Crippen molar-refractivity contribution < 1.29 is 23.5 Å². The fraction of sp³-hybridized carbons (Fsp3) is 0.167. The Labute approximate surface area is 147 Å². The first kappa shape index (κ1) is 17.1. The smallest absolute Gasteiger partial charge is 0.339 e. The van der Waals surface area contributed by atoms with Crippen molar-refractivity contribution in [3.63, 3.8) is 0 Å². The molecule has 0 unspecified atom stereocenters. The van der Waals surface area contributed by atoms with Crippen LogP contribution in [0.3, 0.4) is 0 Å². The van der Waals surface area contributed by atoms with Gasteiger partial charge < -0.3 is 4.74 Å². The molecule has 1 aliphatic heterocycles. The van der Waals surface area contributed by atoms with Crippen LogP contribution in [0.25, 0.3) is 0 Å². The predicted molar refractivity (Wildman–Crippen MR) is 89.5 cm³/mol. The van der Waals surface area contributed by atoms with Gasteiger partial charge in [-0.05, 0) is 38.1 Å². The van der Waals surface area contributed by atoms with E-state index in [4.69, 9.17) is 16.3 Å². The summed E-state index contributed by atoms with van der Waals surface area (Å²) < 4.78 is 19.5. The van der Waals surface area contributed by atoms with Gasteiger partial charge in [0.1, 0.15) is 5.82 Å². The summed E-state index contributed by atoms with van der Waals surface area (Å²) in [5.74, 6) is -2.98. The largest absolute Gasteiger partial charge is 0.459 e. The number of nitrogens with zero attached hydrogens (tertiary/aromatic N) is 1. The van der Waals surface area contributed by atoms with Crippen molar-refractivity contribution >= 4 is 35.1 Å². The molecule has 0 N–H and O–H groups in total. The molecule has 1 heterocycles. The zero-order valence-corrected chi connectivity index (χ0v) is 14.1. The topological polar surface area (TPSA) is 63.7 Å². The van der Waals surface area contributed by atoms with Gasteiger partial charge in [0.2, 0.25) is 0 Å². The molecule has 1 aliphatic rings. The van der Waals surface area contributed by atoms with Crippen molar-refractivity contribution in [1.82, 2.24) is 0 Å². The normalized spacial score (nSPS) is 13.4. The first-order chi connectivity index (χ1) is 11.8. The lowest BCUT2D eigenvalue weighted by Gasteiger charge is -2.17. The Balaban J connectivity index is 2.08. The summed E-state index contributed by atoms with van der Waals surface area (Å²) in [5.41, 5.74) is -0.115. The van der Waals surface area contributed by atoms with Gasteiger partial charge in [-0.2, -0.15) is 0 Å². The van der Waals surface area contributed by atoms with Crippen molar-refractivity contribution in [2.24, 2.45) is 0 Å². The van der Waals surface area contributed by atoms with E-state index in [9.17, 15) is 18.8 Å². The maximum atomic E-state index is 14.4. The highest BCUT2D eigenvalue weighted by atomic mass is 35.5. The second kappa shape index (κ2) is 6.29. The third-order valence-corrected chi connectivity index (χ3v) is 3.95. The minimum atomic E-state index is -0.888. The van der Waals surface area contributed by atoms with Crippen LogP contribution < -0.4 is 4.90 Å². The van der Waals surface area contributed by atoms with Gasteiger partial charge in [-0.3, -0.25) is 9.59 Å². The summed E-state index contributed by atoms with van der Waals surface area (Å²) in [5, 5.41) is -0.163. The average molecular weight is 362 g/mol. The van der Waals surface area contributed by atoms with Crippen molar-refractivity contribution in [2.45, 2.75) is 20.0 Å². The number of esters is 1. The van der Waals surface area contributed by atoms with Crippen LogP contribution in [0, 0.1) is 5.82 Å². The number of hydrogen-bond donors (Lipinski definition) is 0. The van der Waals surface area contributed by atoms with Gasteiger partial charge in [-0.25, -0.2) is 14.1 Å². The maximum absolute atomic E-state index is 14.4. The predicted octanol–water partition coefficient (Wildman–Crippen LogP) is 3.84. The molecule has 0 aliphatic carbocycles. The van der Waals surface area contributed by atoms with Crippen LogP contribution in [-0.2, 0) is 4.74 Å². The Morgan fingerprint density at radius 3 is 2.20 bits per heavy atom. The quantitative estimate of drug-likeness (QED) is 0.615. The number of carbonyl (C=O) groups is 3. The highest BCUT2D eigenvalue weighted by Crippen LogP contribution is 2.33. The molecule has 0 fully saturated rings. The molecule has 0 spiro atoms. The highest BCUT2D eigenvalue weighted by molar-refractivity contribution is 6.36. The maximum Gasteiger partial charge on any atom is 0.339 e. The first-order valence-electron chi connectivity index (χ1n) is 7.49. The second-order valence-corrected chi connectivity index (χ2v) is 6.14. The number of hydrogen-bond acceptors (Lipinski definition) is 4. The van der Waals surface area contributed by atoms with E-state index < -0.39 is 29.7 Å². The van der Waals surface area contributed by atoms with E-state index >= 15 is 0 Å². The number of amides is 2. The van der Waals surface area contributed by atoms with Gasteiger partial charge in [-0.15, -0.1) is 0 Å². The fourth-order valence-corrected chi connectivity index (χ4v) is 2.78. The van der Waals surface area contributed by atoms with Crippen LogP contribution in [0.2, 0.25) is 5.02 Å². The third-order valence-electron chi connectivity index (χ3n) is 3.63. The SMILES string of the molecule is CC(C)OC(=O)c1cc(N2C(=O)c3ccccc3C2=O)c(F)cc1Cl. The number of halogens is 2.